The zero-order valence-corrected chi connectivity index (χ0v) is 17.3. The number of nitrogens with zero attached hydrogens (tertiary/aromatic N) is 2. The fourth-order valence-electron chi connectivity index (χ4n) is 3.00. The number of sulfone groups is 1. The Morgan fingerprint density at radius 2 is 1.71 bits per heavy atom. The molecule has 8 nitrogen and oxygen atoms in total. The minimum atomic E-state index is -3.75. The van der Waals surface area contributed by atoms with E-state index in [4.69, 9.17) is 5.26 Å². The van der Waals surface area contributed by atoms with E-state index >= 15 is 0 Å². The van der Waals surface area contributed by atoms with Crippen molar-refractivity contribution in [3.8, 4) is 6.07 Å². The molecular weight excluding hydrogens is 416 g/mol. The first-order valence-electron chi connectivity index (χ1n) is 9.43. The number of carbonyl (C=O) groups is 2. The number of amides is 2. The first-order chi connectivity index (χ1) is 14.9. The van der Waals surface area contributed by atoms with Gasteiger partial charge in [0.15, 0.2) is 9.84 Å². The molecular formula is C22H20N4O4S. The van der Waals surface area contributed by atoms with Crippen LogP contribution in [0.5, 0.6) is 0 Å². The third kappa shape index (κ3) is 6.10. The van der Waals surface area contributed by atoms with Crippen molar-refractivity contribution < 1.29 is 18.0 Å². The van der Waals surface area contributed by atoms with Crippen LogP contribution >= 0.6 is 0 Å². The number of fused-ring (bicyclic) bond motifs is 1. The van der Waals surface area contributed by atoms with Gasteiger partial charge in [-0.2, -0.15) is 5.26 Å². The number of nitriles is 1. The van der Waals surface area contributed by atoms with Crippen LogP contribution in [0.15, 0.2) is 66.7 Å². The van der Waals surface area contributed by atoms with Gasteiger partial charge in [0.1, 0.15) is 18.3 Å². The molecule has 1 heterocycles. The molecule has 1 atom stereocenters. The fourth-order valence-corrected chi connectivity index (χ4v) is 4.56. The molecule has 158 valence electrons. The van der Waals surface area contributed by atoms with Gasteiger partial charge in [-0.1, -0.05) is 54.6 Å². The van der Waals surface area contributed by atoms with Crippen molar-refractivity contribution >= 4 is 32.6 Å². The average molecular weight is 436 g/mol. The zero-order chi connectivity index (χ0) is 22.3. The van der Waals surface area contributed by atoms with E-state index in [0.717, 1.165) is 5.39 Å². The first-order valence-corrected chi connectivity index (χ1v) is 11.3. The lowest BCUT2D eigenvalue weighted by atomic mass is 10.2. The Morgan fingerprint density at radius 3 is 2.45 bits per heavy atom. The van der Waals surface area contributed by atoms with Crippen molar-refractivity contribution in [3.63, 3.8) is 0 Å². The maximum atomic E-state index is 12.7. The van der Waals surface area contributed by atoms with E-state index < -0.39 is 33.4 Å². The summed E-state index contributed by atoms with van der Waals surface area (Å²) in [6.45, 7) is -0.307. The highest BCUT2D eigenvalue weighted by Crippen LogP contribution is 2.12. The Balaban J connectivity index is 1.79. The SMILES string of the molecule is N#CCNC(=O)C(CS(=O)(=O)Cc1ccccc1)NC(=O)c1ccc2ccccc2n1. The van der Waals surface area contributed by atoms with Crippen LogP contribution in [0.2, 0.25) is 0 Å². The highest BCUT2D eigenvalue weighted by Gasteiger charge is 2.28. The lowest BCUT2D eigenvalue weighted by Gasteiger charge is -2.18. The van der Waals surface area contributed by atoms with Gasteiger partial charge >= 0.3 is 0 Å². The van der Waals surface area contributed by atoms with Crippen LogP contribution in [0, 0.1) is 11.3 Å². The number of aromatic nitrogens is 1. The summed E-state index contributed by atoms with van der Waals surface area (Å²) in [4.78, 5) is 29.4. The number of hydrogen-bond donors (Lipinski definition) is 2. The third-order valence-corrected chi connectivity index (χ3v) is 6.06. The number of pyridine rings is 1. The highest BCUT2D eigenvalue weighted by atomic mass is 32.2. The fraction of sp³-hybridized carbons (Fsp3) is 0.182. The standard InChI is InChI=1S/C22H20N4O4S/c23-12-13-24-21(27)20(15-31(29,30)14-16-6-2-1-3-7-16)26-22(28)19-11-10-17-8-4-5-9-18(17)25-19/h1-11,20H,13-15H2,(H,24,27)(H,26,28). The van der Waals surface area contributed by atoms with Gasteiger partial charge in [-0.25, -0.2) is 13.4 Å². The number of carbonyl (C=O) groups excluding carboxylic acids is 2. The highest BCUT2D eigenvalue weighted by molar-refractivity contribution is 7.90. The van der Waals surface area contributed by atoms with Crippen LogP contribution in [0.4, 0.5) is 0 Å². The maximum Gasteiger partial charge on any atom is 0.270 e. The van der Waals surface area contributed by atoms with Gasteiger partial charge in [0.25, 0.3) is 5.91 Å². The number of benzene rings is 2. The Labute approximate surface area is 179 Å². The summed E-state index contributed by atoms with van der Waals surface area (Å²) in [5, 5.41) is 14.3. The topological polar surface area (TPSA) is 129 Å². The molecule has 0 aliphatic rings. The van der Waals surface area contributed by atoms with Crippen molar-refractivity contribution in [2.45, 2.75) is 11.8 Å². The molecule has 0 fully saturated rings. The molecule has 3 rings (SSSR count). The summed E-state index contributed by atoms with van der Waals surface area (Å²) in [6, 6.07) is 19.4. The Kier molecular flexibility index (Phi) is 6.95. The lowest BCUT2D eigenvalue weighted by molar-refractivity contribution is -0.122. The van der Waals surface area contributed by atoms with Crippen LogP contribution in [0.3, 0.4) is 0 Å². The molecule has 0 bridgehead atoms. The smallest absolute Gasteiger partial charge is 0.270 e. The van der Waals surface area contributed by atoms with Crippen LogP contribution < -0.4 is 10.6 Å². The number of para-hydroxylation sites is 1. The van der Waals surface area contributed by atoms with Gasteiger partial charge in [0.2, 0.25) is 5.91 Å². The van der Waals surface area contributed by atoms with E-state index in [2.05, 4.69) is 15.6 Å². The van der Waals surface area contributed by atoms with Crippen LogP contribution in [-0.4, -0.2) is 43.6 Å². The second-order valence-corrected chi connectivity index (χ2v) is 8.94. The van der Waals surface area contributed by atoms with Crippen LogP contribution in [-0.2, 0) is 20.4 Å². The predicted molar refractivity (Wildman–Crippen MR) is 116 cm³/mol. The molecule has 0 aliphatic heterocycles. The van der Waals surface area contributed by atoms with E-state index in [0.29, 0.717) is 11.1 Å². The largest absolute Gasteiger partial charge is 0.341 e. The molecule has 31 heavy (non-hydrogen) atoms. The zero-order valence-electron chi connectivity index (χ0n) is 16.5. The second kappa shape index (κ2) is 9.82. The van der Waals surface area contributed by atoms with Gasteiger partial charge in [0, 0.05) is 5.39 Å². The number of nitrogens with one attached hydrogen (secondary N) is 2. The maximum absolute atomic E-state index is 12.7. The molecule has 2 aromatic carbocycles. The molecule has 2 amide bonds. The summed E-state index contributed by atoms with van der Waals surface area (Å²) in [5.41, 5.74) is 1.22. The molecule has 9 heteroatoms. The second-order valence-electron chi connectivity index (χ2n) is 6.83. The molecule has 0 aliphatic carbocycles. The Morgan fingerprint density at radius 1 is 1.00 bits per heavy atom. The number of rotatable bonds is 8. The van der Waals surface area contributed by atoms with Gasteiger partial charge in [-0.15, -0.1) is 0 Å². The summed E-state index contributed by atoms with van der Waals surface area (Å²) in [7, 11) is -3.75. The van der Waals surface area contributed by atoms with E-state index in [1.807, 2.05) is 12.1 Å². The van der Waals surface area contributed by atoms with E-state index in [-0.39, 0.29) is 18.0 Å². The van der Waals surface area contributed by atoms with Gasteiger partial charge in [-0.05, 0) is 17.7 Å². The first kappa shape index (κ1) is 21.9. The number of hydrogen-bond acceptors (Lipinski definition) is 6. The minimum absolute atomic E-state index is 0.0530. The molecule has 1 unspecified atom stereocenters. The Hall–Kier alpha value is -3.77. The third-order valence-electron chi connectivity index (χ3n) is 4.44. The van der Waals surface area contributed by atoms with E-state index in [1.165, 1.54) is 6.07 Å². The van der Waals surface area contributed by atoms with Gasteiger partial charge in [0.05, 0.1) is 23.1 Å². The molecule has 3 aromatic rings. The molecule has 0 saturated heterocycles. The molecule has 0 radical (unpaired) electrons. The van der Waals surface area contributed by atoms with Gasteiger partial charge in [-0.3, -0.25) is 9.59 Å². The van der Waals surface area contributed by atoms with E-state index in [9.17, 15) is 18.0 Å². The van der Waals surface area contributed by atoms with Crippen molar-refractivity contribution in [1.29, 1.82) is 5.26 Å². The molecule has 0 spiro atoms. The van der Waals surface area contributed by atoms with Crippen LogP contribution in [0.25, 0.3) is 10.9 Å². The monoisotopic (exact) mass is 436 g/mol. The average Bonchev–Trinajstić information content (AvgIpc) is 2.76. The quantitative estimate of drug-likeness (QED) is 0.516. The lowest BCUT2D eigenvalue weighted by Crippen LogP contribution is -2.50. The molecule has 0 saturated carbocycles. The summed E-state index contributed by atoms with van der Waals surface area (Å²) in [6.07, 6.45) is 0. The Bertz CT molecular complexity index is 1240. The molecule has 2 N–H and O–H groups in total. The minimum Gasteiger partial charge on any atom is -0.341 e. The van der Waals surface area contributed by atoms with Crippen molar-refractivity contribution in [1.82, 2.24) is 15.6 Å². The van der Waals surface area contributed by atoms with Gasteiger partial charge < -0.3 is 10.6 Å². The predicted octanol–water partition coefficient (Wildman–Crippen LogP) is 1.59. The summed E-state index contributed by atoms with van der Waals surface area (Å²) < 4.78 is 25.3. The normalized spacial score (nSPS) is 12.0. The summed E-state index contributed by atoms with van der Waals surface area (Å²) >= 11 is 0. The van der Waals surface area contributed by atoms with E-state index in [1.54, 1.807) is 54.6 Å². The molecule has 1 aromatic heterocycles. The summed E-state index contributed by atoms with van der Waals surface area (Å²) in [5.74, 6) is -2.33. The van der Waals surface area contributed by atoms with Crippen LogP contribution in [0.1, 0.15) is 16.1 Å². The van der Waals surface area contributed by atoms with Crippen molar-refractivity contribution in [2.75, 3.05) is 12.3 Å². The van der Waals surface area contributed by atoms with Crippen molar-refractivity contribution in [3.05, 3.63) is 78.0 Å². The van der Waals surface area contributed by atoms with Crippen molar-refractivity contribution in [2.24, 2.45) is 0 Å².